The Morgan fingerprint density at radius 2 is 1.95 bits per heavy atom. The lowest BCUT2D eigenvalue weighted by Gasteiger charge is -2.13. The number of carbonyl (C=O) groups excluding carboxylic acids is 2. The van der Waals surface area contributed by atoms with Gasteiger partial charge in [0.15, 0.2) is 6.10 Å². The topological polar surface area (TPSA) is 64.6 Å². The molecule has 1 aromatic carbocycles. The van der Waals surface area contributed by atoms with Gasteiger partial charge in [0.05, 0.1) is 0 Å². The summed E-state index contributed by atoms with van der Waals surface area (Å²) in [6, 6.07) is 5.28. The van der Waals surface area contributed by atoms with Crippen LogP contribution in [-0.4, -0.2) is 31.2 Å². The Hall–Kier alpha value is -1.95. The molecule has 0 bridgehead atoms. The van der Waals surface area contributed by atoms with Crippen LogP contribution in [0.1, 0.15) is 13.8 Å². The van der Waals surface area contributed by atoms with Gasteiger partial charge in [-0.25, -0.2) is 9.18 Å². The third-order valence-electron chi connectivity index (χ3n) is 2.21. The highest BCUT2D eigenvalue weighted by Crippen LogP contribution is 2.09. The second kappa shape index (κ2) is 7.48. The number of benzene rings is 1. The van der Waals surface area contributed by atoms with E-state index in [0.717, 1.165) is 0 Å². The molecule has 1 amide bonds. The Balaban J connectivity index is 2.44. The van der Waals surface area contributed by atoms with Crippen molar-refractivity contribution in [3.8, 4) is 0 Å². The summed E-state index contributed by atoms with van der Waals surface area (Å²) in [6.07, 6.45) is -0.946. The third kappa shape index (κ3) is 5.48. The summed E-state index contributed by atoms with van der Waals surface area (Å²) in [4.78, 5) is 22.9. The molecule has 6 heteroatoms. The average Bonchev–Trinajstić information content (AvgIpc) is 2.39. The average molecular weight is 269 g/mol. The Kier molecular flexibility index (Phi) is 5.95. The van der Waals surface area contributed by atoms with E-state index < -0.39 is 23.8 Å². The molecule has 0 aliphatic carbocycles. The number of anilines is 1. The lowest BCUT2D eigenvalue weighted by atomic mass is 10.3. The van der Waals surface area contributed by atoms with Crippen LogP contribution in [0.4, 0.5) is 10.1 Å². The molecule has 1 unspecified atom stereocenters. The summed E-state index contributed by atoms with van der Waals surface area (Å²) in [5.74, 6) is -1.49. The predicted octanol–water partition coefficient (Wildman–Crippen LogP) is 1.73. The number of hydrogen-bond donors (Lipinski definition) is 1. The summed E-state index contributed by atoms with van der Waals surface area (Å²) in [5.41, 5.74) is 0.430. The molecule has 0 saturated heterocycles. The first-order valence-electron chi connectivity index (χ1n) is 5.86. The Bertz CT molecular complexity index is 433. The van der Waals surface area contributed by atoms with Gasteiger partial charge in [-0.2, -0.15) is 0 Å². The van der Waals surface area contributed by atoms with Gasteiger partial charge in [-0.3, -0.25) is 4.79 Å². The highest BCUT2D eigenvalue weighted by Gasteiger charge is 2.17. The molecule has 19 heavy (non-hydrogen) atoms. The van der Waals surface area contributed by atoms with Crippen LogP contribution in [0.3, 0.4) is 0 Å². The molecule has 0 saturated carbocycles. The maximum absolute atomic E-state index is 12.7. The summed E-state index contributed by atoms with van der Waals surface area (Å²) in [5, 5.41) is 2.51. The van der Waals surface area contributed by atoms with Crippen LogP contribution in [0.25, 0.3) is 0 Å². The second-order valence-electron chi connectivity index (χ2n) is 3.77. The molecular weight excluding hydrogens is 253 g/mol. The highest BCUT2D eigenvalue weighted by molar-refractivity contribution is 5.95. The van der Waals surface area contributed by atoms with E-state index in [2.05, 4.69) is 5.32 Å². The van der Waals surface area contributed by atoms with Crippen LogP contribution in [0.15, 0.2) is 24.3 Å². The zero-order valence-electron chi connectivity index (χ0n) is 10.8. The minimum atomic E-state index is -0.946. The molecule has 0 heterocycles. The first-order valence-corrected chi connectivity index (χ1v) is 5.86. The van der Waals surface area contributed by atoms with Gasteiger partial charge in [0, 0.05) is 12.3 Å². The van der Waals surface area contributed by atoms with Gasteiger partial charge in [-0.15, -0.1) is 0 Å². The van der Waals surface area contributed by atoms with Crippen LogP contribution < -0.4 is 5.32 Å². The Morgan fingerprint density at radius 1 is 1.32 bits per heavy atom. The van der Waals surface area contributed by atoms with Gasteiger partial charge < -0.3 is 14.8 Å². The molecule has 0 radical (unpaired) electrons. The molecule has 1 aromatic rings. The fourth-order valence-corrected chi connectivity index (χ4v) is 1.25. The number of amides is 1. The van der Waals surface area contributed by atoms with Crippen LogP contribution in [0.5, 0.6) is 0 Å². The van der Waals surface area contributed by atoms with E-state index in [0.29, 0.717) is 12.3 Å². The quantitative estimate of drug-likeness (QED) is 0.799. The van der Waals surface area contributed by atoms with Crippen LogP contribution >= 0.6 is 0 Å². The minimum absolute atomic E-state index is 0.190. The molecule has 1 N–H and O–H groups in total. The maximum Gasteiger partial charge on any atom is 0.332 e. The molecule has 0 aliphatic heterocycles. The van der Waals surface area contributed by atoms with Crippen molar-refractivity contribution in [2.24, 2.45) is 0 Å². The van der Waals surface area contributed by atoms with Crippen molar-refractivity contribution in [1.29, 1.82) is 0 Å². The number of esters is 1. The first-order chi connectivity index (χ1) is 9.02. The Labute approximate surface area is 110 Å². The summed E-state index contributed by atoms with van der Waals surface area (Å²) in [7, 11) is 0. The lowest BCUT2D eigenvalue weighted by molar-refractivity contribution is -0.157. The van der Waals surface area contributed by atoms with E-state index in [1.807, 2.05) is 0 Å². The molecule has 0 aliphatic rings. The first kappa shape index (κ1) is 15.1. The number of halogens is 1. The van der Waals surface area contributed by atoms with Crippen molar-refractivity contribution in [1.82, 2.24) is 0 Å². The summed E-state index contributed by atoms with van der Waals surface area (Å²) >= 11 is 0. The number of ether oxygens (including phenoxy) is 2. The van der Waals surface area contributed by atoms with E-state index in [-0.39, 0.29) is 6.61 Å². The minimum Gasteiger partial charge on any atom is -0.451 e. The SMILES string of the molecule is CCOCC(=O)OC(C)C(=O)Nc1ccc(F)cc1. The molecule has 1 rings (SSSR count). The van der Waals surface area contributed by atoms with Crippen molar-refractivity contribution < 1.29 is 23.5 Å². The molecule has 1 atom stereocenters. The molecule has 0 fully saturated rings. The van der Waals surface area contributed by atoms with Gasteiger partial charge in [0.2, 0.25) is 0 Å². The number of carbonyl (C=O) groups is 2. The van der Waals surface area contributed by atoms with Gasteiger partial charge in [-0.1, -0.05) is 0 Å². The van der Waals surface area contributed by atoms with E-state index in [1.165, 1.54) is 31.2 Å². The summed E-state index contributed by atoms with van der Waals surface area (Å²) in [6.45, 7) is 3.40. The smallest absolute Gasteiger partial charge is 0.332 e. The molecule has 5 nitrogen and oxygen atoms in total. The predicted molar refractivity (Wildman–Crippen MR) is 67.1 cm³/mol. The normalized spacial score (nSPS) is 11.7. The van der Waals surface area contributed by atoms with Crippen molar-refractivity contribution in [3.63, 3.8) is 0 Å². The van der Waals surface area contributed by atoms with Crippen LogP contribution in [0.2, 0.25) is 0 Å². The van der Waals surface area contributed by atoms with E-state index >= 15 is 0 Å². The lowest BCUT2D eigenvalue weighted by Crippen LogP contribution is -2.31. The monoisotopic (exact) mass is 269 g/mol. The fourth-order valence-electron chi connectivity index (χ4n) is 1.25. The largest absolute Gasteiger partial charge is 0.451 e. The third-order valence-corrected chi connectivity index (χ3v) is 2.21. The van der Waals surface area contributed by atoms with Crippen molar-refractivity contribution in [2.45, 2.75) is 20.0 Å². The summed E-state index contributed by atoms with van der Waals surface area (Å²) < 4.78 is 22.4. The maximum atomic E-state index is 12.7. The fraction of sp³-hybridized carbons (Fsp3) is 0.385. The van der Waals surface area contributed by atoms with Gasteiger partial charge >= 0.3 is 5.97 Å². The molecule has 104 valence electrons. The molecule has 0 spiro atoms. The number of hydrogen-bond acceptors (Lipinski definition) is 4. The van der Waals surface area contributed by atoms with E-state index in [1.54, 1.807) is 6.92 Å². The molecule has 0 aromatic heterocycles. The van der Waals surface area contributed by atoms with E-state index in [9.17, 15) is 14.0 Å². The van der Waals surface area contributed by atoms with Crippen molar-refractivity contribution in [2.75, 3.05) is 18.5 Å². The van der Waals surface area contributed by atoms with E-state index in [4.69, 9.17) is 9.47 Å². The van der Waals surface area contributed by atoms with Gasteiger partial charge in [0.25, 0.3) is 5.91 Å². The zero-order chi connectivity index (χ0) is 14.3. The van der Waals surface area contributed by atoms with Crippen LogP contribution in [-0.2, 0) is 19.1 Å². The Morgan fingerprint density at radius 3 is 2.53 bits per heavy atom. The van der Waals surface area contributed by atoms with Gasteiger partial charge in [0.1, 0.15) is 12.4 Å². The zero-order valence-corrected chi connectivity index (χ0v) is 10.8. The second-order valence-corrected chi connectivity index (χ2v) is 3.77. The van der Waals surface area contributed by atoms with Crippen LogP contribution in [0, 0.1) is 5.82 Å². The van der Waals surface area contributed by atoms with Crippen molar-refractivity contribution >= 4 is 17.6 Å². The standard InChI is InChI=1S/C13H16FNO4/c1-3-18-8-12(16)19-9(2)13(17)15-11-6-4-10(14)5-7-11/h4-7,9H,3,8H2,1-2H3,(H,15,17). The molecular formula is C13H16FNO4. The number of rotatable bonds is 6. The number of nitrogens with one attached hydrogen (secondary N) is 1. The highest BCUT2D eigenvalue weighted by atomic mass is 19.1. The van der Waals surface area contributed by atoms with Gasteiger partial charge in [-0.05, 0) is 38.1 Å². The van der Waals surface area contributed by atoms with Crippen molar-refractivity contribution in [3.05, 3.63) is 30.1 Å².